The summed E-state index contributed by atoms with van der Waals surface area (Å²) in [5, 5.41) is 9.00. The third-order valence-electron chi connectivity index (χ3n) is 3.47. The number of nitrogens with zero attached hydrogens (tertiary/aromatic N) is 1. The van der Waals surface area contributed by atoms with Gasteiger partial charge in [-0.15, -0.1) is 11.3 Å². The first-order valence-corrected chi connectivity index (χ1v) is 7.26. The fraction of sp³-hybridized carbons (Fsp3) is 0.200. The summed E-state index contributed by atoms with van der Waals surface area (Å²) in [4.78, 5) is 26.1. The number of hydrogen-bond acceptors (Lipinski definition) is 3. The number of halogens is 1. The Morgan fingerprint density at radius 2 is 2.05 bits per heavy atom. The molecule has 0 atom stereocenters. The highest BCUT2D eigenvalue weighted by Gasteiger charge is 2.26. The SMILES string of the molecule is O=C(O)c1cc2c(s1)CCN(C(=O)c1ccccc1F)C2. The topological polar surface area (TPSA) is 57.6 Å². The Hall–Kier alpha value is -2.21. The van der Waals surface area contributed by atoms with Crippen LogP contribution in [0.1, 0.15) is 30.5 Å². The van der Waals surface area contributed by atoms with E-state index in [0.29, 0.717) is 19.5 Å². The van der Waals surface area contributed by atoms with Gasteiger partial charge in [0, 0.05) is 18.0 Å². The summed E-state index contributed by atoms with van der Waals surface area (Å²) < 4.78 is 13.7. The van der Waals surface area contributed by atoms with E-state index in [-0.39, 0.29) is 16.3 Å². The van der Waals surface area contributed by atoms with Crippen LogP contribution >= 0.6 is 11.3 Å². The average Bonchev–Trinajstić information content (AvgIpc) is 2.90. The first-order valence-electron chi connectivity index (χ1n) is 6.45. The highest BCUT2D eigenvalue weighted by atomic mass is 32.1. The quantitative estimate of drug-likeness (QED) is 0.928. The molecule has 2 aromatic rings. The van der Waals surface area contributed by atoms with Gasteiger partial charge in [-0.05, 0) is 30.2 Å². The van der Waals surface area contributed by atoms with E-state index >= 15 is 0 Å². The number of thiophene rings is 1. The molecule has 0 radical (unpaired) electrons. The van der Waals surface area contributed by atoms with Gasteiger partial charge in [0.15, 0.2) is 0 Å². The van der Waals surface area contributed by atoms with E-state index in [0.717, 1.165) is 10.4 Å². The van der Waals surface area contributed by atoms with Crippen molar-refractivity contribution in [2.75, 3.05) is 6.54 Å². The van der Waals surface area contributed by atoms with Crippen molar-refractivity contribution < 1.29 is 19.1 Å². The number of carbonyl (C=O) groups excluding carboxylic acids is 1. The Morgan fingerprint density at radius 1 is 1.29 bits per heavy atom. The van der Waals surface area contributed by atoms with Crippen molar-refractivity contribution in [1.82, 2.24) is 4.90 Å². The summed E-state index contributed by atoms with van der Waals surface area (Å²) in [6.45, 7) is 0.798. The second-order valence-corrected chi connectivity index (χ2v) is 5.96. The molecule has 4 nitrogen and oxygen atoms in total. The molecule has 1 N–H and O–H groups in total. The molecule has 0 unspecified atom stereocenters. The molecule has 0 fully saturated rings. The number of carboxylic acids is 1. The van der Waals surface area contributed by atoms with Crippen molar-refractivity contribution in [3.05, 3.63) is 57.0 Å². The molecule has 0 aliphatic carbocycles. The molecule has 1 aromatic heterocycles. The first kappa shape index (κ1) is 13.8. The van der Waals surface area contributed by atoms with E-state index in [1.54, 1.807) is 23.1 Å². The Balaban J connectivity index is 1.84. The number of carboxylic acid groups (broad SMARTS) is 1. The highest BCUT2D eigenvalue weighted by Crippen LogP contribution is 2.29. The minimum Gasteiger partial charge on any atom is -0.477 e. The molecule has 0 spiro atoms. The number of fused-ring (bicyclic) bond motifs is 1. The van der Waals surface area contributed by atoms with E-state index in [2.05, 4.69) is 0 Å². The van der Waals surface area contributed by atoms with E-state index in [9.17, 15) is 14.0 Å². The van der Waals surface area contributed by atoms with E-state index in [4.69, 9.17) is 5.11 Å². The first-order chi connectivity index (χ1) is 10.1. The van der Waals surface area contributed by atoms with Gasteiger partial charge >= 0.3 is 5.97 Å². The maximum absolute atomic E-state index is 13.7. The van der Waals surface area contributed by atoms with Crippen LogP contribution in [-0.4, -0.2) is 28.4 Å². The van der Waals surface area contributed by atoms with E-state index in [1.165, 1.54) is 23.5 Å². The monoisotopic (exact) mass is 305 g/mol. The molecule has 0 bridgehead atoms. The number of hydrogen-bond donors (Lipinski definition) is 1. The summed E-state index contributed by atoms with van der Waals surface area (Å²) in [5.41, 5.74) is 0.892. The van der Waals surface area contributed by atoms with Crippen LogP contribution in [0.3, 0.4) is 0 Å². The summed E-state index contributed by atoms with van der Waals surface area (Å²) in [7, 11) is 0. The van der Waals surface area contributed by atoms with Crippen LogP contribution in [0.25, 0.3) is 0 Å². The third-order valence-corrected chi connectivity index (χ3v) is 4.69. The Labute approximate surface area is 124 Å². The van der Waals surface area contributed by atoms with Gasteiger partial charge in [-0.25, -0.2) is 9.18 Å². The molecule has 1 amide bonds. The minimum absolute atomic E-state index is 0.0506. The third kappa shape index (κ3) is 2.54. The van der Waals surface area contributed by atoms with Gasteiger partial charge in [-0.3, -0.25) is 4.79 Å². The van der Waals surface area contributed by atoms with Crippen LogP contribution in [0.5, 0.6) is 0 Å². The van der Waals surface area contributed by atoms with Crippen LogP contribution in [0, 0.1) is 5.82 Å². The van der Waals surface area contributed by atoms with Crippen molar-refractivity contribution in [1.29, 1.82) is 0 Å². The minimum atomic E-state index is -0.957. The normalized spacial score (nSPS) is 13.9. The van der Waals surface area contributed by atoms with Crippen molar-refractivity contribution in [3.8, 4) is 0 Å². The van der Waals surface area contributed by atoms with Crippen LogP contribution in [0.15, 0.2) is 30.3 Å². The molecule has 1 aliphatic rings. The molecule has 1 aliphatic heterocycles. The lowest BCUT2D eigenvalue weighted by molar-refractivity contribution is 0.0701. The molecule has 108 valence electrons. The van der Waals surface area contributed by atoms with Crippen LogP contribution in [-0.2, 0) is 13.0 Å². The maximum Gasteiger partial charge on any atom is 0.345 e. The standard InChI is InChI=1S/C15H12FNO3S/c16-11-4-2-1-3-10(11)14(18)17-6-5-12-9(8-17)7-13(21-12)15(19)20/h1-4,7H,5-6,8H2,(H,19,20). The van der Waals surface area contributed by atoms with Gasteiger partial charge in [-0.2, -0.15) is 0 Å². The van der Waals surface area contributed by atoms with Gasteiger partial charge in [-0.1, -0.05) is 12.1 Å². The molecule has 6 heteroatoms. The largest absolute Gasteiger partial charge is 0.477 e. The molecule has 21 heavy (non-hydrogen) atoms. The number of benzene rings is 1. The zero-order chi connectivity index (χ0) is 15.0. The molecule has 3 rings (SSSR count). The van der Waals surface area contributed by atoms with Crippen molar-refractivity contribution >= 4 is 23.2 Å². The molecular formula is C15H12FNO3S. The summed E-state index contributed by atoms with van der Waals surface area (Å²) in [5.74, 6) is -1.85. The second kappa shape index (κ2) is 5.29. The Bertz CT molecular complexity index is 725. The van der Waals surface area contributed by atoms with Gasteiger partial charge in [0.2, 0.25) is 0 Å². The lowest BCUT2D eigenvalue weighted by atomic mass is 10.1. The van der Waals surface area contributed by atoms with Crippen molar-refractivity contribution in [2.45, 2.75) is 13.0 Å². The zero-order valence-electron chi connectivity index (χ0n) is 11.0. The lowest BCUT2D eigenvalue weighted by Crippen LogP contribution is -2.35. The van der Waals surface area contributed by atoms with E-state index < -0.39 is 11.8 Å². The Morgan fingerprint density at radius 3 is 2.76 bits per heavy atom. The van der Waals surface area contributed by atoms with Gasteiger partial charge in [0.05, 0.1) is 5.56 Å². The predicted octanol–water partition coefficient (Wildman–Crippen LogP) is 2.78. The van der Waals surface area contributed by atoms with Crippen LogP contribution in [0.4, 0.5) is 4.39 Å². The molecule has 1 aromatic carbocycles. The van der Waals surface area contributed by atoms with Crippen molar-refractivity contribution in [3.63, 3.8) is 0 Å². The number of rotatable bonds is 2. The smallest absolute Gasteiger partial charge is 0.345 e. The number of amides is 1. The van der Waals surface area contributed by atoms with Crippen LogP contribution in [0.2, 0.25) is 0 Å². The van der Waals surface area contributed by atoms with Gasteiger partial charge < -0.3 is 10.0 Å². The molecule has 2 heterocycles. The van der Waals surface area contributed by atoms with Crippen LogP contribution < -0.4 is 0 Å². The summed E-state index contributed by atoms with van der Waals surface area (Å²) in [6.07, 6.45) is 0.605. The Kier molecular flexibility index (Phi) is 3.47. The predicted molar refractivity (Wildman–Crippen MR) is 76.1 cm³/mol. The molecule has 0 saturated heterocycles. The number of aromatic carboxylic acids is 1. The van der Waals surface area contributed by atoms with Gasteiger partial charge in [0.1, 0.15) is 10.7 Å². The van der Waals surface area contributed by atoms with Crippen molar-refractivity contribution in [2.24, 2.45) is 0 Å². The fourth-order valence-corrected chi connectivity index (χ4v) is 3.42. The molecule has 0 saturated carbocycles. The molecular weight excluding hydrogens is 293 g/mol. The van der Waals surface area contributed by atoms with E-state index in [1.807, 2.05) is 0 Å². The summed E-state index contributed by atoms with van der Waals surface area (Å²) >= 11 is 1.24. The zero-order valence-corrected chi connectivity index (χ0v) is 11.8. The highest BCUT2D eigenvalue weighted by molar-refractivity contribution is 7.14. The number of carbonyl (C=O) groups is 2. The second-order valence-electron chi connectivity index (χ2n) is 4.82. The average molecular weight is 305 g/mol. The lowest BCUT2D eigenvalue weighted by Gasteiger charge is -2.27. The maximum atomic E-state index is 13.7. The van der Waals surface area contributed by atoms with Gasteiger partial charge in [0.25, 0.3) is 5.91 Å². The summed E-state index contributed by atoms with van der Waals surface area (Å²) in [6, 6.07) is 7.49. The fourth-order valence-electron chi connectivity index (χ4n) is 2.42.